The highest BCUT2D eigenvalue weighted by Gasteiger charge is 2.23. The van der Waals surface area contributed by atoms with Crippen molar-refractivity contribution in [3.8, 4) is 0 Å². The Kier molecular flexibility index (Phi) is 15.7. The average Bonchev–Trinajstić information content (AvgIpc) is 3.01. The molecule has 240 valence electrons. The van der Waals surface area contributed by atoms with Gasteiger partial charge in [0.15, 0.2) is 0 Å². The van der Waals surface area contributed by atoms with Gasteiger partial charge in [0.1, 0.15) is 0 Å². The van der Waals surface area contributed by atoms with Crippen LogP contribution in [0, 0.1) is 20.8 Å². The van der Waals surface area contributed by atoms with Crippen LogP contribution in [-0.4, -0.2) is 80.0 Å². The summed E-state index contributed by atoms with van der Waals surface area (Å²) in [7, 11) is 5.37. The van der Waals surface area contributed by atoms with E-state index >= 15 is 0 Å². The normalized spacial score (nSPS) is 15.2. The quantitative estimate of drug-likeness (QED) is 0.0947. The predicted molar refractivity (Wildman–Crippen MR) is 198 cm³/mol. The van der Waals surface area contributed by atoms with E-state index in [-0.39, 0.29) is 0 Å². The van der Waals surface area contributed by atoms with Crippen LogP contribution in [0.25, 0.3) is 0 Å². The van der Waals surface area contributed by atoms with Crippen molar-refractivity contribution in [2.24, 2.45) is 0 Å². The molecule has 1 heterocycles. The molecule has 1 fully saturated rings. The zero-order valence-corrected chi connectivity index (χ0v) is 30.9. The Hall–Kier alpha value is -0.760. The van der Waals surface area contributed by atoms with Crippen LogP contribution in [0.1, 0.15) is 36.0 Å². The summed E-state index contributed by atoms with van der Waals surface area (Å²) in [5, 5.41) is 0. The fourth-order valence-electron chi connectivity index (χ4n) is 4.74. The van der Waals surface area contributed by atoms with E-state index in [0.29, 0.717) is 10.6 Å². The van der Waals surface area contributed by atoms with Gasteiger partial charge in [-0.15, -0.1) is 0 Å². The lowest BCUT2D eigenvalue weighted by molar-refractivity contribution is -0.0285. The van der Waals surface area contributed by atoms with Gasteiger partial charge in [0.25, 0.3) is 0 Å². The van der Waals surface area contributed by atoms with Gasteiger partial charge in [-0.25, -0.2) is 8.42 Å². The van der Waals surface area contributed by atoms with Crippen LogP contribution in [0.3, 0.4) is 0 Å². The van der Waals surface area contributed by atoms with Gasteiger partial charge in [0.05, 0.1) is 24.9 Å². The molecule has 3 aromatic rings. The lowest BCUT2D eigenvalue weighted by Gasteiger charge is -2.42. The summed E-state index contributed by atoms with van der Waals surface area (Å²) in [6.45, 7) is 12.2. The van der Waals surface area contributed by atoms with Crippen LogP contribution < -0.4 is 0 Å². The molecular formula is C33H45N3O2S6. The molecule has 0 N–H and O–H groups in total. The summed E-state index contributed by atoms with van der Waals surface area (Å²) in [4.78, 5) is 10.6. The summed E-state index contributed by atoms with van der Waals surface area (Å²) in [5.41, 5.74) is 3.67. The molecule has 4 rings (SSSR count). The van der Waals surface area contributed by atoms with Crippen molar-refractivity contribution in [3.63, 3.8) is 0 Å². The second kappa shape index (κ2) is 19.2. The SMILES string of the molecule is Cc1ccc(SSCCCN2CN(CCCSSc3ccc(C)cc3)CN(CCCSS(=O)(=O)c3ccc(C)cc3)C2)cc1. The van der Waals surface area contributed by atoms with Crippen molar-refractivity contribution in [1.82, 2.24) is 14.7 Å². The van der Waals surface area contributed by atoms with Gasteiger partial charge in [0, 0.05) is 46.7 Å². The van der Waals surface area contributed by atoms with E-state index in [2.05, 4.69) is 77.1 Å². The third-order valence-corrected chi connectivity index (χ3v) is 15.7. The van der Waals surface area contributed by atoms with Crippen LogP contribution in [0.5, 0.6) is 0 Å². The Bertz CT molecular complexity index is 1290. The highest BCUT2D eigenvalue weighted by atomic mass is 33.1. The predicted octanol–water partition coefficient (Wildman–Crippen LogP) is 8.88. The fraction of sp³-hybridized carbons (Fsp3) is 0.455. The van der Waals surface area contributed by atoms with Crippen molar-refractivity contribution in [2.45, 2.75) is 54.7 Å². The summed E-state index contributed by atoms with van der Waals surface area (Å²) >= 11 is 0. The lowest BCUT2D eigenvalue weighted by Crippen LogP contribution is -2.55. The van der Waals surface area contributed by atoms with E-state index < -0.39 is 8.87 Å². The molecular weight excluding hydrogens is 663 g/mol. The summed E-state index contributed by atoms with van der Waals surface area (Å²) in [6, 6.07) is 24.7. The molecule has 44 heavy (non-hydrogen) atoms. The van der Waals surface area contributed by atoms with Crippen LogP contribution in [0.4, 0.5) is 0 Å². The molecule has 0 spiro atoms. The van der Waals surface area contributed by atoms with Gasteiger partial charge in [-0.05, 0) is 87.2 Å². The molecule has 0 atom stereocenters. The van der Waals surface area contributed by atoms with Crippen molar-refractivity contribution >= 4 is 62.8 Å². The third-order valence-electron chi connectivity index (χ3n) is 7.12. The molecule has 0 saturated carbocycles. The maximum Gasteiger partial charge on any atom is 0.229 e. The number of rotatable bonds is 18. The van der Waals surface area contributed by atoms with Gasteiger partial charge in [-0.3, -0.25) is 14.7 Å². The highest BCUT2D eigenvalue weighted by Crippen LogP contribution is 2.32. The maximum atomic E-state index is 12.8. The van der Waals surface area contributed by atoms with Gasteiger partial charge in [0.2, 0.25) is 8.87 Å². The molecule has 0 aliphatic carbocycles. The largest absolute Gasteiger partial charge is 0.277 e. The summed E-state index contributed by atoms with van der Waals surface area (Å²) in [6.07, 6.45) is 3.15. The molecule has 3 aromatic carbocycles. The Morgan fingerprint density at radius 1 is 0.545 bits per heavy atom. The van der Waals surface area contributed by atoms with E-state index in [4.69, 9.17) is 0 Å². The van der Waals surface area contributed by atoms with E-state index in [1.54, 1.807) is 12.1 Å². The Labute approximate surface area is 285 Å². The number of hydrogen-bond acceptors (Lipinski definition) is 10. The molecule has 0 amide bonds. The van der Waals surface area contributed by atoms with Crippen molar-refractivity contribution < 1.29 is 8.42 Å². The zero-order valence-electron chi connectivity index (χ0n) is 26.0. The molecule has 0 aromatic heterocycles. The van der Waals surface area contributed by atoms with Gasteiger partial charge in [-0.1, -0.05) is 96.3 Å². The zero-order chi connectivity index (χ0) is 31.2. The topological polar surface area (TPSA) is 43.9 Å². The minimum absolute atomic E-state index is 0.403. The van der Waals surface area contributed by atoms with Gasteiger partial charge >= 0.3 is 0 Å². The second-order valence-electron chi connectivity index (χ2n) is 11.2. The number of nitrogens with zero attached hydrogens (tertiary/aromatic N) is 3. The van der Waals surface area contributed by atoms with Crippen LogP contribution in [0.15, 0.2) is 87.5 Å². The second-order valence-corrected chi connectivity index (χ2v) is 20.2. The van der Waals surface area contributed by atoms with Crippen molar-refractivity contribution in [2.75, 3.05) is 56.9 Å². The first-order valence-electron chi connectivity index (χ1n) is 15.1. The molecule has 1 saturated heterocycles. The molecule has 5 nitrogen and oxygen atoms in total. The first-order valence-corrected chi connectivity index (χ1v) is 22.7. The third kappa shape index (κ3) is 13.2. The maximum absolute atomic E-state index is 12.8. The van der Waals surface area contributed by atoms with Crippen LogP contribution in [0.2, 0.25) is 0 Å². The first kappa shape index (κ1) is 36.1. The fourth-order valence-corrected chi connectivity index (χ4v) is 11.7. The Morgan fingerprint density at radius 3 is 1.32 bits per heavy atom. The monoisotopic (exact) mass is 707 g/mol. The minimum Gasteiger partial charge on any atom is -0.277 e. The van der Waals surface area contributed by atoms with Gasteiger partial charge in [-0.2, -0.15) is 0 Å². The summed E-state index contributed by atoms with van der Waals surface area (Å²) in [5.74, 6) is 2.84. The van der Waals surface area contributed by atoms with Crippen molar-refractivity contribution in [1.29, 1.82) is 0 Å². The van der Waals surface area contributed by atoms with Crippen molar-refractivity contribution in [3.05, 3.63) is 89.5 Å². The smallest absolute Gasteiger partial charge is 0.229 e. The number of benzene rings is 3. The van der Waals surface area contributed by atoms with E-state index in [1.165, 1.54) is 20.9 Å². The molecule has 1 aliphatic rings. The first-order chi connectivity index (χ1) is 21.3. The van der Waals surface area contributed by atoms with Crippen LogP contribution >= 0.6 is 54.0 Å². The Morgan fingerprint density at radius 2 is 0.909 bits per heavy atom. The average molecular weight is 708 g/mol. The standard InChI is InChI=1S/C33H45N3O2S6/c1-28-7-13-31(14-8-28)42-39-22-4-19-34-25-35(20-5-23-40-43-32-15-9-29(2)10-16-32)27-36(26-34)21-6-24-41-44(37,38)33-17-11-30(3)12-18-33/h7-18H,4-6,19-27H2,1-3H3. The molecule has 0 unspecified atom stereocenters. The summed E-state index contributed by atoms with van der Waals surface area (Å²) < 4.78 is 25.6. The molecule has 11 heteroatoms. The van der Waals surface area contributed by atoms with Crippen LogP contribution in [-0.2, 0) is 8.87 Å². The lowest BCUT2D eigenvalue weighted by atomic mass is 10.2. The Balaban J connectivity index is 1.20. The van der Waals surface area contributed by atoms with E-state index in [9.17, 15) is 8.42 Å². The molecule has 1 aliphatic heterocycles. The molecule has 0 bridgehead atoms. The number of hydrogen-bond donors (Lipinski definition) is 0. The highest BCUT2D eigenvalue weighted by molar-refractivity contribution is 8.77. The minimum atomic E-state index is -3.31. The van der Waals surface area contributed by atoms with Gasteiger partial charge < -0.3 is 0 Å². The van der Waals surface area contributed by atoms with E-state index in [0.717, 1.165) is 86.8 Å². The number of aryl methyl sites for hydroxylation is 3. The molecule has 0 radical (unpaired) electrons. The van der Waals surface area contributed by atoms with E-state index in [1.807, 2.05) is 62.2 Å².